The molecule has 28 heavy (non-hydrogen) atoms. The van der Waals surface area contributed by atoms with E-state index < -0.39 is 15.8 Å². The Morgan fingerprint density at radius 1 is 1.25 bits per heavy atom. The molecular formula is C18H20N4O5S. The van der Waals surface area contributed by atoms with Gasteiger partial charge in [-0.3, -0.25) is 4.98 Å². The summed E-state index contributed by atoms with van der Waals surface area (Å²) < 4.78 is 37.9. The Balaban J connectivity index is 1.39. The maximum Gasteiger partial charge on any atom is 0.417 e. The fraction of sp³-hybridized carbons (Fsp3) is 0.389. The predicted molar refractivity (Wildman–Crippen MR) is 101 cm³/mol. The Bertz CT molecular complexity index is 1150. The first-order chi connectivity index (χ1) is 13.4. The zero-order valence-corrected chi connectivity index (χ0v) is 16.1. The maximum absolute atomic E-state index is 12.9. The van der Waals surface area contributed by atoms with Crippen LogP contribution >= 0.6 is 0 Å². The minimum absolute atomic E-state index is 0.142. The van der Waals surface area contributed by atoms with Gasteiger partial charge in [-0.1, -0.05) is 0 Å². The summed E-state index contributed by atoms with van der Waals surface area (Å²) in [5.74, 6) is 0.184. The van der Waals surface area contributed by atoms with Gasteiger partial charge in [-0.15, -0.1) is 0 Å². The number of benzene rings is 1. The van der Waals surface area contributed by atoms with E-state index in [0.29, 0.717) is 49.5 Å². The molecule has 3 aromatic rings. The lowest BCUT2D eigenvalue weighted by molar-refractivity contribution is 0.180. The highest BCUT2D eigenvalue weighted by atomic mass is 32.2. The number of piperidine rings is 1. The molecule has 3 heterocycles. The van der Waals surface area contributed by atoms with E-state index in [0.717, 1.165) is 5.69 Å². The number of nitrogens with zero attached hydrogens (tertiary/aromatic N) is 3. The molecule has 9 nitrogen and oxygen atoms in total. The van der Waals surface area contributed by atoms with Crippen molar-refractivity contribution in [3.05, 3.63) is 46.8 Å². The number of oxazole rings is 1. The van der Waals surface area contributed by atoms with Gasteiger partial charge in [0.15, 0.2) is 5.58 Å². The van der Waals surface area contributed by atoms with E-state index in [9.17, 15) is 13.2 Å². The number of fused-ring (bicyclic) bond motifs is 1. The van der Waals surface area contributed by atoms with Gasteiger partial charge >= 0.3 is 5.76 Å². The molecule has 1 aromatic carbocycles. The van der Waals surface area contributed by atoms with Gasteiger partial charge in [-0.25, -0.2) is 23.2 Å². The normalized spacial score (nSPS) is 16.5. The number of aromatic nitrogens is 3. The number of aromatic amines is 1. The zero-order chi connectivity index (χ0) is 19.7. The topological polar surface area (TPSA) is 118 Å². The fourth-order valence-electron chi connectivity index (χ4n) is 3.27. The lowest BCUT2D eigenvalue weighted by Crippen LogP contribution is -2.39. The van der Waals surface area contributed by atoms with Gasteiger partial charge in [0.1, 0.15) is 6.33 Å². The van der Waals surface area contributed by atoms with Crippen molar-refractivity contribution in [2.24, 2.45) is 5.92 Å². The molecule has 10 heteroatoms. The second kappa shape index (κ2) is 7.36. The van der Waals surface area contributed by atoms with Crippen LogP contribution in [-0.2, 0) is 10.0 Å². The smallest absolute Gasteiger partial charge is 0.417 e. The van der Waals surface area contributed by atoms with Crippen LogP contribution in [0.2, 0.25) is 0 Å². The molecule has 1 saturated heterocycles. The van der Waals surface area contributed by atoms with E-state index in [-0.39, 0.29) is 10.8 Å². The summed E-state index contributed by atoms with van der Waals surface area (Å²) in [4.78, 5) is 22.0. The van der Waals surface area contributed by atoms with Gasteiger partial charge in [0.05, 0.1) is 17.0 Å². The first-order valence-corrected chi connectivity index (χ1v) is 10.4. The summed E-state index contributed by atoms with van der Waals surface area (Å²) in [6.45, 7) is 3.19. The number of sulfonamides is 1. The minimum Gasteiger partial charge on any atom is -0.477 e. The third kappa shape index (κ3) is 3.78. The Morgan fingerprint density at radius 3 is 2.79 bits per heavy atom. The number of nitrogens with one attached hydrogen (secondary N) is 1. The van der Waals surface area contributed by atoms with Crippen LogP contribution in [0.4, 0.5) is 0 Å². The predicted octanol–water partition coefficient (Wildman–Crippen LogP) is 1.70. The minimum atomic E-state index is -3.63. The average molecular weight is 404 g/mol. The van der Waals surface area contributed by atoms with Crippen molar-refractivity contribution in [1.29, 1.82) is 0 Å². The molecule has 1 fully saturated rings. The van der Waals surface area contributed by atoms with Gasteiger partial charge in [-0.05, 0) is 43.9 Å². The van der Waals surface area contributed by atoms with Crippen molar-refractivity contribution in [2.75, 3.05) is 19.7 Å². The second-order valence-corrected chi connectivity index (χ2v) is 8.77. The van der Waals surface area contributed by atoms with E-state index in [4.69, 9.17) is 9.15 Å². The molecular weight excluding hydrogens is 384 g/mol. The molecule has 4 rings (SSSR count). The summed E-state index contributed by atoms with van der Waals surface area (Å²) in [5, 5.41) is 0. The molecule has 1 N–H and O–H groups in total. The number of hydrogen-bond acceptors (Lipinski definition) is 7. The molecule has 2 aromatic heterocycles. The van der Waals surface area contributed by atoms with Crippen molar-refractivity contribution in [2.45, 2.75) is 24.7 Å². The standard InChI is InChI=1S/C18H20N4O5S/c1-12-8-17(20-11-19-12)26-10-13-4-6-22(7-5-13)28(24,25)14-2-3-16-15(9-14)21-18(23)27-16/h2-3,8-9,11,13H,4-7,10H2,1H3,(H,21,23). The van der Waals surface area contributed by atoms with Crippen LogP contribution in [-0.4, -0.2) is 47.4 Å². The van der Waals surface area contributed by atoms with Crippen LogP contribution < -0.4 is 10.5 Å². The highest BCUT2D eigenvalue weighted by Crippen LogP contribution is 2.26. The van der Waals surface area contributed by atoms with E-state index in [1.165, 1.54) is 28.8 Å². The maximum atomic E-state index is 12.9. The van der Waals surface area contributed by atoms with Gasteiger partial charge in [-0.2, -0.15) is 4.31 Å². The lowest BCUT2D eigenvalue weighted by atomic mass is 9.99. The molecule has 0 unspecified atom stereocenters. The molecule has 0 radical (unpaired) electrons. The second-order valence-electron chi connectivity index (χ2n) is 6.83. The van der Waals surface area contributed by atoms with Crippen molar-refractivity contribution < 1.29 is 17.6 Å². The van der Waals surface area contributed by atoms with Crippen LogP contribution in [0.25, 0.3) is 11.1 Å². The Hall–Kier alpha value is -2.72. The first-order valence-electron chi connectivity index (χ1n) is 8.96. The van der Waals surface area contributed by atoms with Crippen molar-refractivity contribution in [1.82, 2.24) is 19.3 Å². The molecule has 0 spiro atoms. The summed E-state index contributed by atoms with van der Waals surface area (Å²) in [7, 11) is -3.63. The summed E-state index contributed by atoms with van der Waals surface area (Å²) in [6, 6.07) is 6.16. The van der Waals surface area contributed by atoms with Gasteiger partial charge < -0.3 is 9.15 Å². The van der Waals surface area contributed by atoms with Crippen LogP contribution in [0.15, 0.2) is 44.7 Å². The van der Waals surface area contributed by atoms with Gasteiger partial charge in [0.25, 0.3) is 0 Å². The molecule has 1 aliphatic rings. The van der Waals surface area contributed by atoms with Gasteiger partial charge in [0.2, 0.25) is 15.9 Å². The summed E-state index contributed by atoms with van der Waals surface area (Å²) >= 11 is 0. The Morgan fingerprint density at radius 2 is 2.04 bits per heavy atom. The molecule has 1 aliphatic heterocycles. The highest BCUT2D eigenvalue weighted by Gasteiger charge is 2.30. The van der Waals surface area contributed by atoms with Crippen molar-refractivity contribution >= 4 is 21.1 Å². The van der Waals surface area contributed by atoms with Gasteiger partial charge in [0, 0.05) is 24.8 Å². The number of rotatable bonds is 5. The van der Waals surface area contributed by atoms with Crippen LogP contribution in [0.3, 0.4) is 0 Å². The monoisotopic (exact) mass is 404 g/mol. The fourth-order valence-corrected chi connectivity index (χ4v) is 4.77. The number of ether oxygens (including phenoxy) is 1. The number of aryl methyl sites for hydroxylation is 1. The third-order valence-electron chi connectivity index (χ3n) is 4.85. The molecule has 0 bridgehead atoms. The molecule has 148 valence electrons. The van der Waals surface area contributed by atoms with E-state index in [1.54, 1.807) is 6.07 Å². The quantitative estimate of drug-likeness (QED) is 0.687. The molecule has 0 aliphatic carbocycles. The lowest BCUT2D eigenvalue weighted by Gasteiger charge is -2.31. The zero-order valence-electron chi connectivity index (χ0n) is 15.3. The third-order valence-corrected chi connectivity index (χ3v) is 6.74. The number of H-pyrrole nitrogens is 1. The highest BCUT2D eigenvalue weighted by molar-refractivity contribution is 7.89. The van der Waals surface area contributed by atoms with Crippen LogP contribution in [0.5, 0.6) is 5.88 Å². The SMILES string of the molecule is Cc1cc(OCC2CCN(S(=O)(=O)c3ccc4oc(=O)[nH]c4c3)CC2)ncn1. The summed E-state index contributed by atoms with van der Waals surface area (Å²) in [5.41, 5.74) is 1.54. The van der Waals surface area contributed by atoms with Crippen LogP contribution in [0.1, 0.15) is 18.5 Å². The van der Waals surface area contributed by atoms with Crippen LogP contribution in [0, 0.1) is 12.8 Å². The van der Waals surface area contributed by atoms with E-state index >= 15 is 0 Å². The molecule has 0 amide bonds. The number of hydrogen-bond donors (Lipinski definition) is 1. The van der Waals surface area contributed by atoms with E-state index in [1.807, 2.05) is 6.92 Å². The van der Waals surface area contributed by atoms with Crippen molar-refractivity contribution in [3.63, 3.8) is 0 Å². The molecule has 0 saturated carbocycles. The Kier molecular flexibility index (Phi) is 4.90. The largest absolute Gasteiger partial charge is 0.477 e. The average Bonchev–Trinajstić information content (AvgIpc) is 3.06. The van der Waals surface area contributed by atoms with E-state index in [2.05, 4.69) is 15.0 Å². The summed E-state index contributed by atoms with van der Waals surface area (Å²) in [6.07, 6.45) is 2.87. The molecule has 0 atom stereocenters. The first kappa shape index (κ1) is 18.6. The Labute approximate surface area is 161 Å². The van der Waals surface area contributed by atoms with Crippen molar-refractivity contribution in [3.8, 4) is 5.88 Å².